The van der Waals surface area contributed by atoms with Crippen LogP contribution in [0.5, 0.6) is 0 Å². The van der Waals surface area contributed by atoms with Crippen molar-refractivity contribution in [3.8, 4) is 0 Å². The highest BCUT2D eigenvalue weighted by molar-refractivity contribution is 6.45. The molecule has 14 heavy (non-hydrogen) atoms. The van der Waals surface area contributed by atoms with Gasteiger partial charge in [-0.1, -0.05) is 13.8 Å². The van der Waals surface area contributed by atoms with Crippen molar-refractivity contribution in [1.29, 1.82) is 0 Å². The van der Waals surface area contributed by atoms with Crippen molar-refractivity contribution in [1.82, 2.24) is 0 Å². The minimum atomic E-state index is -1.43. The minimum Gasteiger partial charge on any atom is -0.480 e. The maximum absolute atomic E-state index is 11.5. The van der Waals surface area contributed by atoms with E-state index in [2.05, 4.69) is 0 Å². The molecule has 0 bridgehead atoms. The molecule has 4 nitrogen and oxygen atoms in total. The molecule has 0 spiro atoms. The summed E-state index contributed by atoms with van der Waals surface area (Å²) in [7, 11) is 0. The molecule has 0 saturated heterocycles. The van der Waals surface area contributed by atoms with Crippen LogP contribution in [0.2, 0.25) is 0 Å². The highest BCUT2D eigenvalue weighted by Crippen LogP contribution is 2.40. The molecular formula is C10H14O4. The van der Waals surface area contributed by atoms with Crippen LogP contribution in [-0.2, 0) is 14.4 Å². The first kappa shape index (κ1) is 10.9. The Hall–Kier alpha value is -1.19. The first-order valence-corrected chi connectivity index (χ1v) is 4.81. The van der Waals surface area contributed by atoms with E-state index in [9.17, 15) is 14.4 Å². The lowest BCUT2D eigenvalue weighted by Crippen LogP contribution is -2.36. The first-order chi connectivity index (χ1) is 6.49. The van der Waals surface area contributed by atoms with Crippen LogP contribution in [-0.4, -0.2) is 22.6 Å². The number of hydrogen-bond donors (Lipinski definition) is 1. The first-order valence-electron chi connectivity index (χ1n) is 4.81. The van der Waals surface area contributed by atoms with E-state index in [1.54, 1.807) is 13.8 Å². The van der Waals surface area contributed by atoms with Crippen molar-refractivity contribution < 1.29 is 19.5 Å². The fraction of sp³-hybridized carbons (Fsp3) is 0.700. The molecule has 0 radical (unpaired) electrons. The van der Waals surface area contributed by atoms with Gasteiger partial charge in [-0.2, -0.15) is 0 Å². The third-order valence-electron chi connectivity index (χ3n) is 3.13. The summed E-state index contributed by atoms with van der Waals surface area (Å²) in [5.41, 5.74) is -1.43. The molecule has 78 valence electrons. The lowest BCUT2D eigenvalue weighted by molar-refractivity contribution is -0.155. The van der Waals surface area contributed by atoms with Gasteiger partial charge in [0.1, 0.15) is 5.41 Å². The third kappa shape index (κ3) is 1.25. The summed E-state index contributed by atoms with van der Waals surface area (Å²) in [4.78, 5) is 33.9. The molecule has 0 aromatic rings. The second kappa shape index (κ2) is 3.52. The van der Waals surface area contributed by atoms with Gasteiger partial charge < -0.3 is 5.11 Å². The Balaban J connectivity index is 3.08. The smallest absolute Gasteiger partial charge is 0.317 e. The molecule has 1 aliphatic rings. The summed E-state index contributed by atoms with van der Waals surface area (Å²) in [5, 5.41) is 8.99. The van der Waals surface area contributed by atoms with Gasteiger partial charge >= 0.3 is 5.97 Å². The molecule has 0 aliphatic heterocycles. The molecule has 2 atom stereocenters. The van der Waals surface area contributed by atoms with Gasteiger partial charge in [0.15, 0.2) is 0 Å². The van der Waals surface area contributed by atoms with E-state index in [4.69, 9.17) is 5.11 Å². The van der Waals surface area contributed by atoms with Gasteiger partial charge in [-0.3, -0.25) is 14.4 Å². The zero-order valence-electron chi connectivity index (χ0n) is 8.37. The van der Waals surface area contributed by atoms with Crippen molar-refractivity contribution in [2.75, 3.05) is 0 Å². The van der Waals surface area contributed by atoms with Crippen molar-refractivity contribution >= 4 is 17.5 Å². The quantitative estimate of drug-likeness (QED) is 0.543. The fourth-order valence-electron chi connectivity index (χ4n) is 2.00. The summed E-state index contributed by atoms with van der Waals surface area (Å²) in [6, 6.07) is 0. The second-order valence-corrected chi connectivity index (χ2v) is 3.74. The number of carboxylic acid groups (broad SMARTS) is 1. The van der Waals surface area contributed by atoms with E-state index >= 15 is 0 Å². The van der Waals surface area contributed by atoms with Gasteiger partial charge in [0.05, 0.1) is 0 Å². The standard InChI is InChI=1S/C10H14O4/c1-3-6-5-10(4-2,9(13)14)8(12)7(6)11/h6H,3-5H2,1-2H3,(H,13,14). The number of Topliss-reactive ketones (excluding diaryl/α,β-unsaturated/α-hetero) is 2. The van der Waals surface area contributed by atoms with Crippen LogP contribution in [0.4, 0.5) is 0 Å². The van der Waals surface area contributed by atoms with Crippen LogP contribution < -0.4 is 0 Å². The Labute approximate surface area is 82.3 Å². The predicted molar refractivity (Wildman–Crippen MR) is 48.8 cm³/mol. The number of rotatable bonds is 3. The number of carbonyl (C=O) groups is 3. The van der Waals surface area contributed by atoms with Crippen molar-refractivity contribution in [2.24, 2.45) is 11.3 Å². The molecule has 2 unspecified atom stereocenters. The molecule has 0 aromatic carbocycles. The number of hydrogen-bond acceptors (Lipinski definition) is 3. The van der Waals surface area contributed by atoms with Crippen LogP contribution in [0.1, 0.15) is 33.1 Å². The third-order valence-corrected chi connectivity index (χ3v) is 3.13. The Bertz CT molecular complexity index is 294. The Morgan fingerprint density at radius 1 is 1.50 bits per heavy atom. The summed E-state index contributed by atoms with van der Waals surface area (Å²) in [5.74, 6) is -2.76. The molecule has 0 aromatic heterocycles. The van der Waals surface area contributed by atoms with Crippen LogP contribution in [0.25, 0.3) is 0 Å². The summed E-state index contributed by atoms with van der Waals surface area (Å²) >= 11 is 0. The van der Waals surface area contributed by atoms with Gasteiger partial charge in [-0.25, -0.2) is 0 Å². The molecule has 4 heteroatoms. The lowest BCUT2D eigenvalue weighted by atomic mass is 9.81. The molecule has 1 rings (SSSR count). The van der Waals surface area contributed by atoms with Gasteiger partial charge in [0.2, 0.25) is 11.6 Å². The van der Waals surface area contributed by atoms with Crippen molar-refractivity contribution in [2.45, 2.75) is 33.1 Å². The van der Waals surface area contributed by atoms with E-state index in [0.717, 1.165) is 0 Å². The van der Waals surface area contributed by atoms with E-state index < -0.39 is 28.9 Å². The topological polar surface area (TPSA) is 71.4 Å². The highest BCUT2D eigenvalue weighted by atomic mass is 16.4. The van der Waals surface area contributed by atoms with Gasteiger partial charge in [-0.05, 0) is 19.3 Å². The predicted octanol–water partition coefficient (Wildman–Crippen LogP) is 1.04. The monoisotopic (exact) mass is 198 g/mol. The highest BCUT2D eigenvalue weighted by Gasteiger charge is 2.55. The van der Waals surface area contributed by atoms with Crippen LogP contribution in [0.3, 0.4) is 0 Å². The van der Waals surface area contributed by atoms with Crippen LogP contribution in [0, 0.1) is 11.3 Å². The number of ketones is 2. The summed E-state index contributed by atoms with van der Waals surface area (Å²) < 4.78 is 0. The minimum absolute atomic E-state index is 0.174. The van der Waals surface area contributed by atoms with E-state index in [1.807, 2.05) is 0 Å². The second-order valence-electron chi connectivity index (χ2n) is 3.74. The van der Waals surface area contributed by atoms with Crippen LogP contribution >= 0.6 is 0 Å². The van der Waals surface area contributed by atoms with Gasteiger partial charge in [-0.15, -0.1) is 0 Å². The zero-order chi connectivity index (χ0) is 10.9. The largest absolute Gasteiger partial charge is 0.480 e. The maximum Gasteiger partial charge on any atom is 0.317 e. The normalized spacial score (nSPS) is 32.3. The Kier molecular flexibility index (Phi) is 2.73. The van der Waals surface area contributed by atoms with Gasteiger partial charge in [0, 0.05) is 5.92 Å². The lowest BCUT2D eigenvalue weighted by Gasteiger charge is -2.18. The van der Waals surface area contributed by atoms with E-state index in [-0.39, 0.29) is 12.8 Å². The molecule has 1 saturated carbocycles. The van der Waals surface area contributed by atoms with Gasteiger partial charge in [0.25, 0.3) is 0 Å². The average Bonchev–Trinajstić information content (AvgIpc) is 2.42. The maximum atomic E-state index is 11.5. The molecule has 0 heterocycles. The zero-order valence-corrected chi connectivity index (χ0v) is 8.37. The SMILES string of the molecule is CCC1CC(CC)(C(=O)O)C(=O)C1=O. The Morgan fingerprint density at radius 2 is 2.07 bits per heavy atom. The average molecular weight is 198 g/mol. The molecular weight excluding hydrogens is 184 g/mol. The Morgan fingerprint density at radius 3 is 2.29 bits per heavy atom. The van der Waals surface area contributed by atoms with Crippen molar-refractivity contribution in [3.05, 3.63) is 0 Å². The molecule has 0 amide bonds. The van der Waals surface area contributed by atoms with E-state index in [0.29, 0.717) is 6.42 Å². The van der Waals surface area contributed by atoms with Crippen LogP contribution in [0.15, 0.2) is 0 Å². The van der Waals surface area contributed by atoms with E-state index in [1.165, 1.54) is 0 Å². The number of carboxylic acids is 1. The molecule has 1 aliphatic carbocycles. The van der Waals surface area contributed by atoms with Crippen molar-refractivity contribution in [3.63, 3.8) is 0 Å². The number of carbonyl (C=O) groups excluding carboxylic acids is 2. The molecule has 1 N–H and O–H groups in total. The summed E-state index contributed by atoms with van der Waals surface area (Å²) in [6.07, 6.45) is 0.913. The molecule has 1 fully saturated rings. The summed E-state index contributed by atoms with van der Waals surface area (Å²) in [6.45, 7) is 3.43. The fourth-order valence-corrected chi connectivity index (χ4v) is 2.00. The number of aliphatic carboxylic acids is 1.